The van der Waals surface area contributed by atoms with Crippen molar-refractivity contribution in [2.45, 2.75) is 13.3 Å². The molecule has 0 aliphatic carbocycles. The van der Waals surface area contributed by atoms with Gasteiger partial charge in [0.15, 0.2) is 0 Å². The zero-order valence-corrected chi connectivity index (χ0v) is 7.13. The molecule has 3 heteroatoms. The van der Waals surface area contributed by atoms with Gasteiger partial charge in [0, 0.05) is 12.1 Å². The van der Waals surface area contributed by atoms with Gasteiger partial charge in [0.1, 0.15) is 5.76 Å². The summed E-state index contributed by atoms with van der Waals surface area (Å²) in [5.41, 5.74) is 1.22. The van der Waals surface area contributed by atoms with Gasteiger partial charge < -0.3 is 9.73 Å². The van der Waals surface area contributed by atoms with Crippen LogP contribution in [0.5, 0.6) is 0 Å². The van der Waals surface area contributed by atoms with E-state index in [4.69, 9.17) is 4.42 Å². The molecule has 0 fully saturated rings. The van der Waals surface area contributed by atoms with Crippen molar-refractivity contribution in [1.29, 1.82) is 0 Å². The fraction of sp³-hybridized carbons (Fsp3) is 0.444. The average Bonchev–Trinajstić information content (AvgIpc) is 2.54. The van der Waals surface area contributed by atoms with Crippen LogP contribution < -0.4 is 5.32 Å². The van der Waals surface area contributed by atoms with Gasteiger partial charge in [0.25, 0.3) is 0 Å². The maximum absolute atomic E-state index is 5.42. The summed E-state index contributed by atoms with van der Waals surface area (Å²) in [6, 6.07) is 0. The number of rotatable bonds is 1. The first-order valence-electron chi connectivity index (χ1n) is 4.19. The van der Waals surface area contributed by atoms with Gasteiger partial charge in [-0.3, -0.25) is 0 Å². The van der Waals surface area contributed by atoms with Crippen LogP contribution in [-0.2, 0) is 0 Å². The Labute approximate surface area is 71.5 Å². The van der Waals surface area contributed by atoms with Gasteiger partial charge in [0.2, 0.25) is 5.89 Å². The van der Waals surface area contributed by atoms with Gasteiger partial charge in [-0.2, -0.15) is 0 Å². The molecule has 3 nitrogen and oxygen atoms in total. The van der Waals surface area contributed by atoms with Crippen LogP contribution in [0.1, 0.15) is 18.1 Å². The summed E-state index contributed by atoms with van der Waals surface area (Å²) < 4.78 is 5.42. The molecule has 12 heavy (non-hydrogen) atoms. The number of oxazole rings is 1. The van der Waals surface area contributed by atoms with E-state index in [1.807, 2.05) is 6.92 Å². The van der Waals surface area contributed by atoms with E-state index in [1.165, 1.54) is 5.57 Å². The Balaban J connectivity index is 2.23. The Morgan fingerprint density at radius 3 is 3.08 bits per heavy atom. The molecular weight excluding hydrogens is 152 g/mol. The minimum absolute atomic E-state index is 0.786. The molecule has 0 aromatic carbocycles. The lowest BCUT2D eigenvalue weighted by Crippen LogP contribution is -2.20. The molecule has 0 atom stereocenters. The lowest BCUT2D eigenvalue weighted by atomic mass is 10.1. The third-order valence-electron chi connectivity index (χ3n) is 1.96. The fourth-order valence-electron chi connectivity index (χ4n) is 1.32. The zero-order valence-electron chi connectivity index (χ0n) is 7.13. The molecule has 0 amide bonds. The van der Waals surface area contributed by atoms with Gasteiger partial charge in [-0.05, 0) is 19.9 Å². The molecule has 0 unspecified atom stereocenters. The van der Waals surface area contributed by atoms with E-state index in [0.29, 0.717) is 0 Å². The largest absolute Gasteiger partial charge is 0.442 e. The summed E-state index contributed by atoms with van der Waals surface area (Å²) in [5.74, 6) is 1.67. The Morgan fingerprint density at radius 1 is 1.58 bits per heavy atom. The Kier molecular flexibility index (Phi) is 1.96. The molecule has 1 aromatic rings. The van der Waals surface area contributed by atoms with Gasteiger partial charge >= 0.3 is 0 Å². The Morgan fingerprint density at radius 2 is 2.50 bits per heavy atom. The molecule has 1 aliphatic rings. The van der Waals surface area contributed by atoms with Crippen molar-refractivity contribution in [2.24, 2.45) is 0 Å². The van der Waals surface area contributed by atoms with E-state index in [0.717, 1.165) is 31.2 Å². The maximum Gasteiger partial charge on any atom is 0.221 e. The number of aromatic nitrogens is 1. The van der Waals surface area contributed by atoms with Crippen LogP contribution in [-0.4, -0.2) is 18.1 Å². The van der Waals surface area contributed by atoms with Crippen LogP contribution in [0.2, 0.25) is 0 Å². The normalized spacial score (nSPS) is 17.6. The Bertz CT molecular complexity index is 301. The van der Waals surface area contributed by atoms with E-state index in [9.17, 15) is 0 Å². The summed E-state index contributed by atoms with van der Waals surface area (Å²) in [6.45, 7) is 3.86. The number of hydrogen-bond acceptors (Lipinski definition) is 3. The predicted molar refractivity (Wildman–Crippen MR) is 46.7 cm³/mol. The molecule has 0 saturated heterocycles. The van der Waals surface area contributed by atoms with E-state index in [2.05, 4.69) is 16.4 Å². The van der Waals surface area contributed by atoms with Crippen molar-refractivity contribution in [3.63, 3.8) is 0 Å². The standard InChI is InChI=1S/C9H12N2O/c1-7-6-11-9(12-7)8-2-4-10-5-3-8/h2,6,10H,3-5H2,1H3. The smallest absolute Gasteiger partial charge is 0.221 e. The highest BCUT2D eigenvalue weighted by Crippen LogP contribution is 2.18. The van der Waals surface area contributed by atoms with Crippen LogP contribution in [0.4, 0.5) is 0 Å². The van der Waals surface area contributed by atoms with Crippen LogP contribution in [0.25, 0.3) is 5.57 Å². The van der Waals surface area contributed by atoms with E-state index in [-0.39, 0.29) is 0 Å². The van der Waals surface area contributed by atoms with E-state index >= 15 is 0 Å². The van der Waals surface area contributed by atoms with Crippen molar-refractivity contribution in [3.05, 3.63) is 23.9 Å². The number of hydrogen-bond donors (Lipinski definition) is 1. The van der Waals surface area contributed by atoms with Crippen LogP contribution in [0.15, 0.2) is 16.7 Å². The quantitative estimate of drug-likeness (QED) is 0.681. The zero-order chi connectivity index (χ0) is 8.39. The highest BCUT2D eigenvalue weighted by Gasteiger charge is 2.09. The second-order valence-electron chi connectivity index (χ2n) is 2.96. The maximum atomic E-state index is 5.42. The summed E-state index contributed by atoms with van der Waals surface area (Å²) in [6.07, 6.45) is 4.91. The molecule has 0 bridgehead atoms. The van der Waals surface area contributed by atoms with Crippen molar-refractivity contribution >= 4 is 5.57 Å². The van der Waals surface area contributed by atoms with Crippen molar-refractivity contribution in [1.82, 2.24) is 10.3 Å². The SMILES string of the molecule is Cc1cnc(C2=CCNCC2)o1. The second-order valence-corrected chi connectivity index (χ2v) is 2.96. The lowest BCUT2D eigenvalue weighted by molar-refractivity contribution is 0.507. The van der Waals surface area contributed by atoms with Crippen molar-refractivity contribution in [2.75, 3.05) is 13.1 Å². The lowest BCUT2D eigenvalue weighted by Gasteiger charge is -2.10. The minimum atomic E-state index is 0.786. The molecular formula is C9H12N2O. The molecule has 0 spiro atoms. The monoisotopic (exact) mass is 164 g/mol. The molecule has 0 radical (unpaired) electrons. The van der Waals surface area contributed by atoms with Gasteiger partial charge in [-0.15, -0.1) is 0 Å². The first kappa shape index (κ1) is 7.55. The topological polar surface area (TPSA) is 38.1 Å². The third-order valence-corrected chi connectivity index (χ3v) is 1.96. The van der Waals surface area contributed by atoms with Crippen LogP contribution in [0.3, 0.4) is 0 Å². The highest BCUT2D eigenvalue weighted by molar-refractivity contribution is 5.59. The summed E-state index contributed by atoms with van der Waals surface area (Å²) in [7, 11) is 0. The molecule has 1 aromatic heterocycles. The number of nitrogens with zero attached hydrogens (tertiary/aromatic N) is 1. The second kappa shape index (κ2) is 3.11. The van der Waals surface area contributed by atoms with Gasteiger partial charge in [-0.25, -0.2) is 4.98 Å². The molecule has 1 aliphatic heterocycles. The van der Waals surface area contributed by atoms with Gasteiger partial charge in [0.05, 0.1) is 6.20 Å². The molecule has 1 N–H and O–H groups in total. The van der Waals surface area contributed by atoms with Crippen LogP contribution >= 0.6 is 0 Å². The number of nitrogens with one attached hydrogen (secondary N) is 1. The molecule has 2 heterocycles. The Hall–Kier alpha value is -1.09. The first-order valence-corrected chi connectivity index (χ1v) is 4.19. The third kappa shape index (κ3) is 1.41. The fourth-order valence-corrected chi connectivity index (χ4v) is 1.32. The summed E-state index contributed by atoms with van der Waals surface area (Å²) >= 11 is 0. The van der Waals surface area contributed by atoms with E-state index < -0.39 is 0 Å². The van der Waals surface area contributed by atoms with E-state index in [1.54, 1.807) is 6.20 Å². The molecule has 0 saturated carbocycles. The summed E-state index contributed by atoms with van der Waals surface area (Å²) in [4.78, 5) is 4.18. The molecule has 2 rings (SSSR count). The predicted octanol–water partition coefficient (Wildman–Crippen LogP) is 1.36. The summed E-state index contributed by atoms with van der Waals surface area (Å²) in [5, 5.41) is 3.25. The molecule has 64 valence electrons. The van der Waals surface area contributed by atoms with Crippen molar-refractivity contribution in [3.8, 4) is 0 Å². The van der Waals surface area contributed by atoms with Gasteiger partial charge in [-0.1, -0.05) is 6.08 Å². The van der Waals surface area contributed by atoms with Crippen molar-refractivity contribution < 1.29 is 4.42 Å². The highest BCUT2D eigenvalue weighted by atomic mass is 16.4. The number of aryl methyl sites for hydroxylation is 1. The average molecular weight is 164 g/mol. The minimum Gasteiger partial charge on any atom is -0.442 e. The van der Waals surface area contributed by atoms with Crippen LogP contribution in [0, 0.1) is 6.92 Å². The first-order chi connectivity index (χ1) is 5.86.